The Balaban J connectivity index is 1.60. The molecule has 0 radical (unpaired) electrons. The van der Waals surface area contributed by atoms with Gasteiger partial charge in [0.25, 0.3) is 5.91 Å². The van der Waals surface area contributed by atoms with Crippen LogP contribution in [0.5, 0.6) is 0 Å². The van der Waals surface area contributed by atoms with E-state index in [-0.39, 0.29) is 23.2 Å². The van der Waals surface area contributed by atoms with Crippen LogP contribution >= 0.6 is 11.6 Å². The van der Waals surface area contributed by atoms with Crippen molar-refractivity contribution in [3.8, 4) is 0 Å². The SMILES string of the molecule is CN1Cc2ccc(C(=O)NCc3c(F)cc(F)cc3F)cc2N(Cc2ccc(F)cc2Cl)C1=O. The van der Waals surface area contributed by atoms with Gasteiger partial charge in [-0.3, -0.25) is 9.69 Å². The van der Waals surface area contributed by atoms with Gasteiger partial charge < -0.3 is 10.2 Å². The molecule has 0 aromatic heterocycles. The highest BCUT2D eigenvalue weighted by molar-refractivity contribution is 6.31. The first-order valence-corrected chi connectivity index (χ1v) is 10.5. The van der Waals surface area contributed by atoms with Crippen LogP contribution in [0.3, 0.4) is 0 Å². The second-order valence-corrected chi connectivity index (χ2v) is 8.24. The summed E-state index contributed by atoms with van der Waals surface area (Å²) >= 11 is 6.14. The largest absolute Gasteiger partial charge is 0.348 e. The molecule has 34 heavy (non-hydrogen) atoms. The van der Waals surface area contributed by atoms with Gasteiger partial charge in [-0.25, -0.2) is 22.4 Å². The van der Waals surface area contributed by atoms with E-state index in [2.05, 4.69) is 5.32 Å². The van der Waals surface area contributed by atoms with Gasteiger partial charge in [-0.2, -0.15) is 0 Å². The molecule has 0 atom stereocenters. The van der Waals surface area contributed by atoms with Gasteiger partial charge in [-0.05, 0) is 35.4 Å². The maximum Gasteiger partial charge on any atom is 0.324 e. The predicted octanol–water partition coefficient (Wildman–Crippen LogP) is 5.40. The number of urea groups is 1. The molecule has 0 spiro atoms. The Morgan fingerprint density at radius 3 is 2.38 bits per heavy atom. The van der Waals surface area contributed by atoms with Crippen molar-refractivity contribution in [3.05, 3.63) is 99.1 Å². The lowest BCUT2D eigenvalue weighted by atomic mass is 10.0. The van der Waals surface area contributed by atoms with Gasteiger partial charge in [-0.1, -0.05) is 23.7 Å². The number of benzene rings is 3. The normalized spacial score (nSPS) is 13.2. The number of anilines is 1. The number of hydrogen-bond donors (Lipinski definition) is 1. The number of carbonyl (C=O) groups is 2. The van der Waals surface area contributed by atoms with E-state index in [1.54, 1.807) is 13.1 Å². The van der Waals surface area contributed by atoms with Gasteiger partial charge in [0, 0.05) is 48.4 Å². The van der Waals surface area contributed by atoms with Gasteiger partial charge in [0.2, 0.25) is 0 Å². The van der Waals surface area contributed by atoms with Crippen LogP contribution in [0, 0.1) is 23.3 Å². The smallest absolute Gasteiger partial charge is 0.324 e. The van der Waals surface area contributed by atoms with Crippen LogP contribution < -0.4 is 10.2 Å². The van der Waals surface area contributed by atoms with Crippen molar-refractivity contribution >= 4 is 29.2 Å². The first kappa shape index (κ1) is 23.6. The summed E-state index contributed by atoms with van der Waals surface area (Å²) in [5, 5.41) is 2.56. The second kappa shape index (κ2) is 9.34. The molecule has 10 heteroatoms. The van der Waals surface area contributed by atoms with Crippen LogP contribution in [0.15, 0.2) is 48.5 Å². The van der Waals surface area contributed by atoms with Gasteiger partial charge in [0.05, 0.1) is 12.2 Å². The molecular weight excluding hydrogens is 474 g/mol. The lowest BCUT2D eigenvalue weighted by molar-refractivity contribution is 0.0950. The summed E-state index contributed by atoms with van der Waals surface area (Å²) in [5.41, 5.74) is 1.39. The minimum absolute atomic E-state index is 0.0341. The molecule has 1 aliphatic rings. The standard InChI is InChI=1S/C24H18ClF4N3O2/c1-31-11-15-3-2-13(23(33)30-10-18-20(28)8-17(27)9-21(18)29)6-22(15)32(24(31)34)12-14-4-5-16(26)7-19(14)25/h2-9H,10-12H2,1H3,(H,30,33). The van der Waals surface area contributed by atoms with Crippen LogP contribution in [-0.4, -0.2) is 23.9 Å². The third-order valence-electron chi connectivity index (χ3n) is 5.48. The average Bonchev–Trinajstić information content (AvgIpc) is 2.77. The van der Waals surface area contributed by atoms with Gasteiger partial charge in [0.15, 0.2) is 0 Å². The molecule has 0 saturated heterocycles. The molecule has 0 unspecified atom stereocenters. The molecule has 0 saturated carbocycles. The third-order valence-corrected chi connectivity index (χ3v) is 5.83. The molecule has 0 bridgehead atoms. The average molecular weight is 492 g/mol. The van der Waals surface area contributed by atoms with Crippen molar-refractivity contribution in [2.45, 2.75) is 19.6 Å². The highest BCUT2D eigenvalue weighted by atomic mass is 35.5. The first-order chi connectivity index (χ1) is 16.1. The fourth-order valence-electron chi connectivity index (χ4n) is 3.71. The Bertz CT molecular complexity index is 1280. The Labute approximate surface area is 197 Å². The molecule has 1 heterocycles. The Kier molecular flexibility index (Phi) is 6.47. The van der Waals surface area contributed by atoms with Crippen LogP contribution in [0.1, 0.15) is 27.0 Å². The van der Waals surface area contributed by atoms with Crippen molar-refractivity contribution in [1.29, 1.82) is 0 Å². The number of fused-ring (bicyclic) bond motifs is 1. The van der Waals surface area contributed by atoms with Crippen LogP contribution in [0.2, 0.25) is 5.02 Å². The number of nitrogens with one attached hydrogen (secondary N) is 1. The minimum atomic E-state index is -1.11. The highest BCUT2D eigenvalue weighted by Crippen LogP contribution is 2.32. The fraction of sp³-hybridized carbons (Fsp3) is 0.167. The molecule has 0 fully saturated rings. The van der Waals surface area contributed by atoms with Gasteiger partial charge in [-0.15, -0.1) is 0 Å². The second-order valence-electron chi connectivity index (χ2n) is 7.83. The number of amides is 3. The van der Waals surface area contributed by atoms with E-state index in [9.17, 15) is 27.2 Å². The van der Waals surface area contributed by atoms with E-state index in [0.29, 0.717) is 29.9 Å². The van der Waals surface area contributed by atoms with Crippen molar-refractivity contribution < 1.29 is 27.2 Å². The zero-order valence-corrected chi connectivity index (χ0v) is 18.6. The van der Waals surface area contributed by atoms with Crippen molar-refractivity contribution in [3.63, 3.8) is 0 Å². The van der Waals surface area contributed by atoms with E-state index in [1.165, 1.54) is 34.1 Å². The summed E-state index contributed by atoms with van der Waals surface area (Å²) < 4.78 is 54.3. The van der Waals surface area contributed by atoms with Gasteiger partial charge in [0.1, 0.15) is 23.3 Å². The molecule has 176 valence electrons. The van der Waals surface area contributed by atoms with Crippen LogP contribution in [0.4, 0.5) is 28.0 Å². The molecule has 5 nitrogen and oxygen atoms in total. The summed E-state index contributed by atoms with van der Waals surface area (Å²) in [4.78, 5) is 28.5. The van der Waals surface area contributed by atoms with E-state index in [1.807, 2.05) is 0 Å². The molecule has 1 aliphatic heterocycles. The highest BCUT2D eigenvalue weighted by Gasteiger charge is 2.29. The molecule has 3 amide bonds. The maximum absolute atomic E-state index is 13.9. The van der Waals surface area contributed by atoms with Crippen molar-refractivity contribution in [1.82, 2.24) is 10.2 Å². The minimum Gasteiger partial charge on any atom is -0.348 e. The van der Waals surface area contributed by atoms with Crippen molar-refractivity contribution in [2.24, 2.45) is 0 Å². The third kappa shape index (κ3) is 4.70. The number of nitrogens with zero attached hydrogens (tertiary/aromatic N) is 2. The zero-order valence-electron chi connectivity index (χ0n) is 17.8. The zero-order chi connectivity index (χ0) is 24.6. The number of rotatable bonds is 5. The van der Waals surface area contributed by atoms with E-state index < -0.39 is 41.3 Å². The van der Waals surface area contributed by atoms with Crippen LogP contribution in [0.25, 0.3) is 0 Å². The lowest BCUT2D eigenvalue weighted by Gasteiger charge is -2.35. The topological polar surface area (TPSA) is 52.7 Å². The van der Waals surface area contributed by atoms with Crippen molar-refractivity contribution in [2.75, 3.05) is 11.9 Å². The molecular formula is C24H18ClF4N3O2. The molecule has 3 aromatic carbocycles. The molecule has 0 aliphatic carbocycles. The summed E-state index contributed by atoms with van der Waals surface area (Å²) in [7, 11) is 1.62. The maximum atomic E-state index is 13.9. The van der Waals surface area contributed by atoms with Gasteiger partial charge >= 0.3 is 6.03 Å². The molecule has 3 aromatic rings. The summed E-state index contributed by atoms with van der Waals surface area (Å²) in [6.45, 7) is -0.160. The summed E-state index contributed by atoms with van der Waals surface area (Å²) in [5.74, 6) is -4.43. The lowest BCUT2D eigenvalue weighted by Crippen LogP contribution is -2.45. The quantitative estimate of drug-likeness (QED) is 0.486. The van der Waals surface area contributed by atoms with E-state index in [0.717, 1.165) is 11.6 Å². The Morgan fingerprint density at radius 2 is 1.71 bits per heavy atom. The molecule has 4 rings (SSSR count). The molecule has 1 N–H and O–H groups in total. The Hall–Kier alpha value is -3.59. The Morgan fingerprint density at radius 1 is 1.00 bits per heavy atom. The summed E-state index contributed by atoms with van der Waals surface area (Å²) in [6, 6.07) is 9.26. The number of hydrogen-bond acceptors (Lipinski definition) is 2. The van der Waals surface area contributed by atoms with Crippen LogP contribution in [-0.2, 0) is 19.6 Å². The summed E-state index contributed by atoms with van der Waals surface area (Å²) in [6.07, 6.45) is 0. The number of halogens is 5. The fourth-order valence-corrected chi connectivity index (χ4v) is 3.93. The predicted molar refractivity (Wildman–Crippen MR) is 118 cm³/mol. The van der Waals surface area contributed by atoms with E-state index in [4.69, 9.17) is 11.6 Å². The van der Waals surface area contributed by atoms with E-state index >= 15 is 0 Å². The number of carbonyl (C=O) groups excluding carboxylic acids is 2. The monoisotopic (exact) mass is 491 g/mol. The first-order valence-electron chi connectivity index (χ1n) is 10.1.